The Bertz CT molecular complexity index is 581. The van der Waals surface area contributed by atoms with E-state index in [-0.39, 0.29) is 24.0 Å². The topological polar surface area (TPSA) is 67.1 Å². The molecule has 0 aliphatic carbocycles. The van der Waals surface area contributed by atoms with E-state index in [1.807, 2.05) is 17.7 Å². The summed E-state index contributed by atoms with van der Waals surface area (Å²) in [5.74, 6) is 1.67. The van der Waals surface area contributed by atoms with E-state index in [0.29, 0.717) is 6.54 Å². The van der Waals surface area contributed by atoms with E-state index in [4.69, 9.17) is 0 Å². The first-order valence-electron chi connectivity index (χ1n) is 7.68. The molecule has 1 aromatic heterocycles. The van der Waals surface area contributed by atoms with E-state index in [2.05, 4.69) is 57.0 Å². The average Bonchev–Trinajstić information content (AvgIpc) is 2.95. The molecule has 2 N–H and O–H groups in total. The Morgan fingerprint density at radius 3 is 2.65 bits per heavy atom. The molecule has 0 amide bonds. The van der Waals surface area contributed by atoms with Gasteiger partial charge in [0.05, 0.1) is 0 Å². The molecule has 1 heterocycles. The van der Waals surface area contributed by atoms with E-state index in [1.165, 1.54) is 5.56 Å². The summed E-state index contributed by atoms with van der Waals surface area (Å²) in [6.07, 6.45) is 3.82. The molecule has 23 heavy (non-hydrogen) atoms. The Hall–Kier alpha value is -1.64. The minimum Gasteiger partial charge on any atom is -0.357 e. The predicted molar refractivity (Wildman–Crippen MR) is 104 cm³/mol. The van der Waals surface area contributed by atoms with Crippen molar-refractivity contribution in [3.63, 3.8) is 0 Å². The van der Waals surface area contributed by atoms with Gasteiger partial charge in [0.15, 0.2) is 11.8 Å². The van der Waals surface area contributed by atoms with Crippen molar-refractivity contribution in [2.75, 3.05) is 13.1 Å². The van der Waals surface area contributed by atoms with E-state index in [1.54, 1.807) is 6.33 Å². The highest BCUT2D eigenvalue weighted by Gasteiger charge is 2.01. The van der Waals surface area contributed by atoms with Gasteiger partial charge in [0.25, 0.3) is 0 Å². The maximum Gasteiger partial charge on any atom is 0.191 e. The molecular formula is C16H25IN6. The second-order valence-corrected chi connectivity index (χ2v) is 5.07. The summed E-state index contributed by atoms with van der Waals surface area (Å²) in [5.41, 5.74) is 1.37. The van der Waals surface area contributed by atoms with Crippen LogP contribution in [0.1, 0.15) is 24.7 Å². The lowest BCUT2D eigenvalue weighted by atomic mass is 10.1. The Kier molecular flexibility index (Phi) is 9.27. The van der Waals surface area contributed by atoms with Crippen molar-refractivity contribution < 1.29 is 0 Å². The Balaban J connectivity index is 0.00000264. The normalized spacial score (nSPS) is 11.0. The fraction of sp³-hybridized carbons (Fsp3) is 0.438. The lowest BCUT2D eigenvalue weighted by molar-refractivity contribution is 0.733. The van der Waals surface area contributed by atoms with Crippen molar-refractivity contribution in [3.8, 4) is 0 Å². The van der Waals surface area contributed by atoms with Crippen LogP contribution in [0.2, 0.25) is 0 Å². The van der Waals surface area contributed by atoms with Gasteiger partial charge in [0, 0.05) is 20.1 Å². The van der Waals surface area contributed by atoms with Crippen LogP contribution >= 0.6 is 24.0 Å². The van der Waals surface area contributed by atoms with Crippen molar-refractivity contribution in [1.29, 1.82) is 0 Å². The summed E-state index contributed by atoms with van der Waals surface area (Å²) in [6.45, 7) is 4.30. The lowest BCUT2D eigenvalue weighted by Gasteiger charge is -2.11. The molecule has 0 radical (unpaired) electrons. The maximum atomic E-state index is 4.53. The Morgan fingerprint density at radius 1 is 1.22 bits per heavy atom. The van der Waals surface area contributed by atoms with Crippen molar-refractivity contribution in [2.45, 2.75) is 26.3 Å². The third kappa shape index (κ3) is 6.98. The number of guanidine groups is 1. The zero-order valence-electron chi connectivity index (χ0n) is 13.7. The summed E-state index contributed by atoms with van der Waals surface area (Å²) >= 11 is 0. The van der Waals surface area contributed by atoms with Crippen LogP contribution in [-0.2, 0) is 20.0 Å². The highest BCUT2D eigenvalue weighted by atomic mass is 127. The van der Waals surface area contributed by atoms with E-state index in [9.17, 15) is 0 Å². The number of hydrogen-bond acceptors (Lipinski definition) is 3. The van der Waals surface area contributed by atoms with Gasteiger partial charge in [-0.2, -0.15) is 0 Å². The summed E-state index contributed by atoms with van der Waals surface area (Å²) in [6, 6.07) is 10.5. The van der Waals surface area contributed by atoms with Gasteiger partial charge in [0.1, 0.15) is 12.9 Å². The zero-order valence-corrected chi connectivity index (χ0v) is 16.0. The summed E-state index contributed by atoms with van der Waals surface area (Å²) in [7, 11) is 1.92. The molecule has 0 unspecified atom stereocenters. The molecule has 0 fully saturated rings. The minimum atomic E-state index is 0. The first-order valence-corrected chi connectivity index (χ1v) is 7.68. The van der Waals surface area contributed by atoms with Gasteiger partial charge in [0.2, 0.25) is 0 Å². The molecule has 126 valence electrons. The smallest absolute Gasteiger partial charge is 0.191 e. The molecule has 0 saturated carbocycles. The van der Waals surface area contributed by atoms with E-state index in [0.717, 1.165) is 37.7 Å². The highest BCUT2D eigenvalue weighted by Crippen LogP contribution is 2.01. The average molecular weight is 428 g/mol. The molecule has 6 nitrogen and oxygen atoms in total. The summed E-state index contributed by atoms with van der Waals surface area (Å²) in [5, 5.41) is 14.5. The fourth-order valence-corrected chi connectivity index (χ4v) is 2.09. The maximum absolute atomic E-state index is 4.53. The lowest BCUT2D eigenvalue weighted by Crippen LogP contribution is -2.37. The number of aryl methyl sites for hydroxylation is 2. The first kappa shape index (κ1) is 19.4. The number of nitrogens with zero attached hydrogens (tertiary/aromatic N) is 4. The molecule has 2 rings (SSSR count). The monoisotopic (exact) mass is 428 g/mol. The van der Waals surface area contributed by atoms with Gasteiger partial charge in [-0.25, -0.2) is 4.99 Å². The van der Waals surface area contributed by atoms with Crippen molar-refractivity contribution in [3.05, 3.63) is 48.0 Å². The third-order valence-corrected chi connectivity index (χ3v) is 3.31. The molecule has 0 atom stereocenters. The number of benzene rings is 1. The van der Waals surface area contributed by atoms with Gasteiger partial charge >= 0.3 is 0 Å². The molecule has 7 heteroatoms. The van der Waals surface area contributed by atoms with Crippen LogP contribution in [0.5, 0.6) is 0 Å². The molecule has 0 bridgehead atoms. The molecule has 0 aliphatic rings. The first-order chi connectivity index (χ1) is 10.8. The van der Waals surface area contributed by atoms with Crippen LogP contribution in [-0.4, -0.2) is 33.8 Å². The number of aliphatic imine (C=N–C) groups is 1. The van der Waals surface area contributed by atoms with Crippen molar-refractivity contribution >= 4 is 29.9 Å². The quantitative estimate of drug-likeness (QED) is 0.307. The number of nitrogens with one attached hydrogen (secondary N) is 2. The van der Waals surface area contributed by atoms with Crippen LogP contribution in [0, 0.1) is 0 Å². The van der Waals surface area contributed by atoms with Crippen molar-refractivity contribution in [2.24, 2.45) is 12.0 Å². The van der Waals surface area contributed by atoms with Crippen molar-refractivity contribution in [1.82, 2.24) is 25.4 Å². The third-order valence-electron chi connectivity index (χ3n) is 3.31. The van der Waals surface area contributed by atoms with Crippen LogP contribution in [0.3, 0.4) is 0 Å². The van der Waals surface area contributed by atoms with Gasteiger partial charge in [-0.3, -0.25) is 0 Å². The summed E-state index contributed by atoms with van der Waals surface area (Å²) in [4.78, 5) is 4.53. The van der Waals surface area contributed by atoms with E-state index < -0.39 is 0 Å². The number of halogens is 1. The molecule has 0 spiro atoms. The Morgan fingerprint density at radius 2 is 2.00 bits per heavy atom. The molecule has 0 saturated heterocycles. The van der Waals surface area contributed by atoms with Crippen LogP contribution in [0.15, 0.2) is 41.7 Å². The second-order valence-electron chi connectivity index (χ2n) is 5.07. The van der Waals surface area contributed by atoms with Gasteiger partial charge in [-0.1, -0.05) is 30.3 Å². The standard InChI is InChI=1S/C16H24N6.HI/c1-3-17-16(19-12-15-21-20-13-22(15)2)18-11-7-10-14-8-5-4-6-9-14;/h4-6,8-9,13H,3,7,10-12H2,1-2H3,(H2,17,18,19);1H. The molecule has 2 aromatic rings. The van der Waals surface area contributed by atoms with Crippen LogP contribution in [0.4, 0.5) is 0 Å². The SMILES string of the molecule is CCNC(=NCc1nncn1C)NCCCc1ccccc1.I. The number of hydrogen-bond donors (Lipinski definition) is 2. The largest absolute Gasteiger partial charge is 0.357 e. The number of rotatable bonds is 7. The van der Waals surface area contributed by atoms with Gasteiger partial charge in [-0.15, -0.1) is 34.2 Å². The molecule has 0 aliphatic heterocycles. The zero-order chi connectivity index (χ0) is 15.6. The summed E-state index contributed by atoms with van der Waals surface area (Å²) < 4.78 is 1.88. The predicted octanol–water partition coefficient (Wildman–Crippen LogP) is 2.12. The van der Waals surface area contributed by atoms with Gasteiger partial charge < -0.3 is 15.2 Å². The molecular weight excluding hydrogens is 403 g/mol. The number of aromatic nitrogens is 3. The van der Waals surface area contributed by atoms with Crippen LogP contribution < -0.4 is 10.6 Å². The minimum absolute atomic E-state index is 0. The highest BCUT2D eigenvalue weighted by molar-refractivity contribution is 14.0. The molecule has 1 aromatic carbocycles. The van der Waals surface area contributed by atoms with Gasteiger partial charge in [-0.05, 0) is 25.3 Å². The second kappa shape index (κ2) is 11.0. The van der Waals surface area contributed by atoms with Crippen LogP contribution in [0.25, 0.3) is 0 Å². The fourth-order valence-electron chi connectivity index (χ4n) is 2.09. The van der Waals surface area contributed by atoms with E-state index >= 15 is 0 Å². The Labute approximate surface area is 154 Å².